The zero-order chi connectivity index (χ0) is 14.5. The van der Waals surface area contributed by atoms with E-state index in [1.54, 1.807) is 0 Å². The van der Waals surface area contributed by atoms with E-state index < -0.39 is 10.0 Å². The van der Waals surface area contributed by atoms with Gasteiger partial charge in [0, 0.05) is 6.54 Å². The number of hydrogen-bond acceptors (Lipinski definition) is 4. The lowest BCUT2D eigenvalue weighted by atomic mass is 10.3. The van der Waals surface area contributed by atoms with Crippen LogP contribution in [0, 0.1) is 0 Å². The fourth-order valence-electron chi connectivity index (χ4n) is 1.27. The van der Waals surface area contributed by atoms with E-state index in [0.29, 0.717) is 11.6 Å². The topological polar surface area (TPSA) is 81.4 Å². The third kappa shape index (κ3) is 5.20. The van der Waals surface area contributed by atoms with E-state index in [1.165, 1.54) is 18.2 Å². The number of rotatable bonds is 7. The van der Waals surface area contributed by atoms with Crippen molar-refractivity contribution in [3.63, 3.8) is 0 Å². The predicted molar refractivity (Wildman–Crippen MR) is 76.7 cm³/mol. The largest absolute Gasteiger partial charge is 0.397 e. The second kappa shape index (κ2) is 6.91. The van der Waals surface area contributed by atoms with Gasteiger partial charge in [-0.05, 0) is 25.1 Å². The molecule has 1 aromatic carbocycles. The van der Waals surface area contributed by atoms with Crippen LogP contribution >= 0.6 is 11.6 Å². The zero-order valence-corrected chi connectivity index (χ0v) is 12.2. The van der Waals surface area contributed by atoms with Crippen molar-refractivity contribution in [2.24, 2.45) is 0 Å². The van der Waals surface area contributed by atoms with E-state index in [4.69, 9.17) is 22.1 Å². The number of nitrogen functional groups attached to an aromatic ring is 1. The summed E-state index contributed by atoms with van der Waals surface area (Å²) >= 11 is 5.74. The van der Waals surface area contributed by atoms with Gasteiger partial charge in [-0.25, -0.2) is 13.1 Å². The van der Waals surface area contributed by atoms with Crippen LogP contribution in [0.3, 0.4) is 0 Å². The van der Waals surface area contributed by atoms with Crippen LogP contribution in [0.1, 0.15) is 6.92 Å². The van der Waals surface area contributed by atoms with Gasteiger partial charge in [0.05, 0.1) is 28.8 Å². The second-order valence-electron chi connectivity index (χ2n) is 4.09. The van der Waals surface area contributed by atoms with Crippen molar-refractivity contribution >= 4 is 27.3 Å². The van der Waals surface area contributed by atoms with Gasteiger partial charge in [0.15, 0.2) is 0 Å². The highest BCUT2D eigenvalue weighted by atomic mass is 35.5. The van der Waals surface area contributed by atoms with Crippen molar-refractivity contribution < 1.29 is 13.2 Å². The molecule has 0 bridgehead atoms. The minimum absolute atomic E-state index is 0.0781. The van der Waals surface area contributed by atoms with Crippen molar-refractivity contribution in [3.8, 4) is 0 Å². The smallest absolute Gasteiger partial charge is 0.240 e. The second-order valence-corrected chi connectivity index (χ2v) is 6.26. The SMILES string of the molecule is C=C(C)COCCNS(=O)(=O)c1ccc(Cl)c(N)c1. The first-order chi connectivity index (χ1) is 8.83. The van der Waals surface area contributed by atoms with E-state index in [0.717, 1.165) is 5.57 Å². The molecule has 0 unspecified atom stereocenters. The fourth-order valence-corrected chi connectivity index (χ4v) is 2.43. The molecular formula is C12H17ClN2O3S. The molecule has 0 saturated carbocycles. The summed E-state index contributed by atoms with van der Waals surface area (Å²) in [5.74, 6) is 0. The molecule has 0 aliphatic rings. The quantitative estimate of drug-likeness (QED) is 0.457. The Labute approximate surface area is 118 Å². The molecule has 7 heteroatoms. The summed E-state index contributed by atoms with van der Waals surface area (Å²) in [7, 11) is -3.59. The average Bonchev–Trinajstić information content (AvgIpc) is 2.31. The third-order valence-corrected chi connectivity index (χ3v) is 3.97. The Kier molecular flexibility index (Phi) is 5.81. The van der Waals surface area contributed by atoms with E-state index in [-0.39, 0.29) is 23.7 Å². The Balaban J connectivity index is 2.56. The third-order valence-electron chi connectivity index (χ3n) is 2.16. The van der Waals surface area contributed by atoms with Gasteiger partial charge < -0.3 is 10.5 Å². The minimum atomic E-state index is -3.59. The predicted octanol–water partition coefficient (Wildman–Crippen LogP) is 1.79. The lowest BCUT2D eigenvalue weighted by Crippen LogP contribution is -2.27. The number of nitrogens with one attached hydrogen (secondary N) is 1. The first-order valence-corrected chi connectivity index (χ1v) is 7.46. The summed E-state index contributed by atoms with van der Waals surface area (Å²) in [5.41, 5.74) is 6.68. The fraction of sp³-hybridized carbons (Fsp3) is 0.333. The number of ether oxygens (including phenoxy) is 1. The van der Waals surface area contributed by atoms with Crippen LogP contribution in [-0.4, -0.2) is 28.2 Å². The number of hydrogen-bond donors (Lipinski definition) is 2. The van der Waals surface area contributed by atoms with Crippen LogP contribution in [0.25, 0.3) is 0 Å². The summed E-state index contributed by atoms with van der Waals surface area (Å²) in [6.45, 7) is 6.38. The van der Waals surface area contributed by atoms with Gasteiger partial charge in [0.25, 0.3) is 0 Å². The molecule has 0 fully saturated rings. The molecule has 1 aromatic rings. The van der Waals surface area contributed by atoms with Gasteiger partial charge in [-0.2, -0.15) is 0 Å². The van der Waals surface area contributed by atoms with Crippen molar-refractivity contribution in [2.45, 2.75) is 11.8 Å². The molecule has 0 aliphatic heterocycles. The van der Waals surface area contributed by atoms with Crippen LogP contribution in [0.2, 0.25) is 5.02 Å². The molecule has 0 radical (unpaired) electrons. The highest BCUT2D eigenvalue weighted by Gasteiger charge is 2.14. The maximum Gasteiger partial charge on any atom is 0.240 e. The summed E-state index contributed by atoms with van der Waals surface area (Å²) in [4.78, 5) is 0.0781. The van der Waals surface area contributed by atoms with Gasteiger partial charge >= 0.3 is 0 Å². The number of halogens is 1. The van der Waals surface area contributed by atoms with Crippen LogP contribution in [0.4, 0.5) is 5.69 Å². The molecule has 0 spiro atoms. The monoisotopic (exact) mass is 304 g/mol. The Bertz CT molecular complexity index is 558. The summed E-state index contributed by atoms with van der Waals surface area (Å²) in [6.07, 6.45) is 0. The van der Waals surface area contributed by atoms with Crippen LogP contribution in [0.5, 0.6) is 0 Å². The maximum absolute atomic E-state index is 11.9. The minimum Gasteiger partial charge on any atom is -0.397 e. The molecule has 5 nitrogen and oxygen atoms in total. The number of nitrogens with two attached hydrogens (primary N) is 1. The average molecular weight is 305 g/mol. The van der Waals surface area contributed by atoms with Gasteiger partial charge in [0.1, 0.15) is 0 Å². The molecule has 3 N–H and O–H groups in total. The molecule has 0 atom stereocenters. The van der Waals surface area contributed by atoms with Gasteiger partial charge in [-0.15, -0.1) is 0 Å². The van der Waals surface area contributed by atoms with Crippen molar-refractivity contribution in [3.05, 3.63) is 35.4 Å². The number of sulfonamides is 1. The number of benzene rings is 1. The molecule has 0 amide bonds. The highest BCUT2D eigenvalue weighted by molar-refractivity contribution is 7.89. The summed E-state index contributed by atoms with van der Waals surface area (Å²) in [6, 6.07) is 4.16. The van der Waals surface area contributed by atoms with E-state index in [2.05, 4.69) is 11.3 Å². The Morgan fingerprint density at radius 3 is 2.79 bits per heavy atom. The van der Waals surface area contributed by atoms with E-state index in [9.17, 15) is 8.42 Å². The number of anilines is 1. The van der Waals surface area contributed by atoms with Gasteiger partial charge in [-0.3, -0.25) is 0 Å². The molecule has 0 heterocycles. The van der Waals surface area contributed by atoms with Gasteiger partial charge in [-0.1, -0.05) is 23.8 Å². The molecule has 1 rings (SSSR count). The molecule has 0 aliphatic carbocycles. The summed E-state index contributed by atoms with van der Waals surface area (Å²) in [5, 5.41) is 0.323. The normalized spacial score (nSPS) is 11.5. The lowest BCUT2D eigenvalue weighted by molar-refractivity contribution is 0.162. The Morgan fingerprint density at radius 1 is 1.53 bits per heavy atom. The van der Waals surface area contributed by atoms with Crippen LogP contribution in [0.15, 0.2) is 35.2 Å². The van der Waals surface area contributed by atoms with Crippen molar-refractivity contribution in [1.82, 2.24) is 4.72 Å². The molecule has 0 saturated heterocycles. The van der Waals surface area contributed by atoms with E-state index in [1.807, 2.05) is 6.92 Å². The first kappa shape index (κ1) is 16.0. The first-order valence-electron chi connectivity index (χ1n) is 5.60. The van der Waals surface area contributed by atoms with E-state index >= 15 is 0 Å². The molecule has 0 aromatic heterocycles. The zero-order valence-electron chi connectivity index (χ0n) is 10.6. The van der Waals surface area contributed by atoms with Crippen molar-refractivity contribution in [2.75, 3.05) is 25.5 Å². The molecule has 106 valence electrons. The maximum atomic E-state index is 11.9. The highest BCUT2D eigenvalue weighted by Crippen LogP contribution is 2.21. The Hall–Kier alpha value is -1.08. The van der Waals surface area contributed by atoms with Gasteiger partial charge in [0.2, 0.25) is 10.0 Å². The lowest BCUT2D eigenvalue weighted by Gasteiger charge is -2.08. The molecular weight excluding hydrogens is 288 g/mol. The van der Waals surface area contributed by atoms with Crippen molar-refractivity contribution in [1.29, 1.82) is 0 Å². The summed E-state index contributed by atoms with van der Waals surface area (Å²) < 4.78 is 31.4. The molecule has 19 heavy (non-hydrogen) atoms. The standard InChI is InChI=1S/C12H17ClN2O3S/c1-9(2)8-18-6-5-15-19(16,17)10-3-4-11(13)12(14)7-10/h3-4,7,15H,1,5-6,8,14H2,2H3. The van der Waals surface area contributed by atoms with Crippen LogP contribution < -0.4 is 10.5 Å². The van der Waals surface area contributed by atoms with Crippen LogP contribution in [-0.2, 0) is 14.8 Å². The Morgan fingerprint density at radius 2 is 2.21 bits per heavy atom.